The number of ether oxygens (including phenoxy) is 1. The molecule has 1 nitrogen and oxygen atoms in total. The van der Waals surface area contributed by atoms with Crippen molar-refractivity contribution in [2.75, 3.05) is 13.7 Å². The first kappa shape index (κ1) is 15.4. The van der Waals surface area contributed by atoms with Gasteiger partial charge in [-0.05, 0) is 55.8 Å². The summed E-state index contributed by atoms with van der Waals surface area (Å²) in [6, 6.07) is 0. The molecule has 4 atom stereocenters. The summed E-state index contributed by atoms with van der Waals surface area (Å²) in [5.41, 5.74) is 0. The van der Waals surface area contributed by atoms with Gasteiger partial charge < -0.3 is 4.74 Å². The summed E-state index contributed by atoms with van der Waals surface area (Å²) in [6.45, 7) is 3.29. The van der Waals surface area contributed by atoms with Crippen molar-refractivity contribution in [3.05, 3.63) is 0 Å². The lowest BCUT2D eigenvalue weighted by molar-refractivity contribution is 0.0780. The summed E-state index contributed by atoms with van der Waals surface area (Å²) in [6.07, 6.45) is 16.3. The van der Waals surface area contributed by atoms with Gasteiger partial charge in [-0.2, -0.15) is 0 Å². The van der Waals surface area contributed by atoms with Crippen molar-refractivity contribution in [2.45, 2.75) is 77.6 Å². The Kier molecular flexibility index (Phi) is 6.70. The van der Waals surface area contributed by atoms with Crippen LogP contribution >= 0.6 is 0 Å². The van der Waals surface area contributed by atoms with Crippen LogP contribution < -0.4 is 0 Å². The van der Waals surface area contributed by atoms with Crippen LogP contribution in [0.1, 0.15) is 77.6 Å². The Morgan fingerprint density at radius 1 is 0.842 bits per heavy atom. The van der Waals surface area contributed by atoms with E-state index in [0.29, 0.717) is 0 Å². The number of unbranched alkanes of at least 4 members (excludes halogenated alkanes) is 2. The molecule has 0 aromatic rings. The van der Waals surface area contributed by atoms with Crippen molar-refractivity contribution < 1.29 is 4.74 Å². The zero-order valence-corrected chi connectivity index (χ0v) is 13.2. The van der Waals surface area contributed by atoms with Gasteiger partial charge in [0.2, 0.25) is 0 Å². The molecule has 4 unspecified atom stereocenters. The van der Waals surface area contributed by atoms with Crippen LogP contribution in [-0.2, 0) is 4.74 Å². The van der Waals surface area contributed by atoms with E-state index >= 15 is 0 Å². The number of methoxy groups -OCH3 is 1. The maximum atomic E-state index is 5.25. The molecule has 2 rings (SSSR count). The van der Waals surface area contributed by atoms with Crippen LogP contribution in [0.15, 0.2) is 0 Å². The minimum absolute atomic E-state index is 0.970. The fraction of sp³-hybridized carbons (Fsp3) is 1.00. The van der Waals surface area contributed by atoms with Crippen molar-refractivity contribution in [2.24, 2.45) is 23.7 Å². The molecule has 2 aliphatic carbocycles. The van der Waals surface area contributed by atoms with Crippen molar-refractivity contribution in [3.63, 3.8) is 0 Å². The average molecular weight is 266 g/mol. The number of hydrogen-bond acceptors (Lipinski definition) is 1. The third-order valence-corrected chi connectivity index (χ3v) is 5.78. The monoisotopic (exact) mass is 266 g/mol. The van der Waals surface area contributed by atoms with E-state index in [1.54, 1.807) is 6.42 Å². The SMILES string of the molecule is CCCCCC1CCC2CC(CCOC)CCC2C1. The minimum Gasteiger partial charge on any atom is -0.385 e. The Bertz CT molecular complexity index is 238. The molecule has 0 spiro atoms. The van der Waals surface area contributed by atoms with Crippen molar-refractivity contribution in [3.8, 4) is 0 Å². The number of fused-ring (bicyclic) bond motifs is 1. The highest BCUT2D eigenvalue weighted by Crippen LogP contribution is 2.46. The van der Waals surface area contributed by atoms with Crippen LogP contribution in [0.4, 0.5) is 0 Å². The van der Waals surface area contributed by atoms with Crippen molar-refractivity contribution >= 4 is 0 Å². The summed E-state index contributed by atoms with van der Waals surface area (Å²) < 4.78 is 5.25. The van der Waals surface area contributed by atoms with Gasteiger partial charge in [0, 0.05) is 13.7 Å². The smallest absolute Gasteiger partial charge is 0.0464 e. The van der Waals surface area contributed by atoms with Crippen molar-refractivity contribution in [1.29, 1.82) is 0 Å². The predicted molar refractivity (Wildman–Crippen MR) is 82.3 cm³/mol. The van der Waals surface area contributed by atoms with E-state index in [-0.39, 0.29) is 0 Å². The Labute approximate surface area is 120 Å². The van der Waals surface area contributed by atoms with Gasteiger partial charge in [-0.3, -0.25) is 0 Å². The maximum absolute atomic E-state index is 5.25. The zero-order chi connectivity index (χ0) is 13.5. The Balaban J connectivity index is 1.69. The number of rotatable bonds is 7. The van der Waals surface area contributed by atoms with Crippen LogP contribution in [0.25, 0.3) is 0 Å². The molecule has 0 N–H and O–H groups in total. The average Bonchev–Trinajstić information content (AvgIpc) is 2.45. The summed E-state index contributed by atoms with van der Waals surface area (Å²) in [7, 11) is 1.84. The molecule has 0 heterocycles. The molecule has 2 aliphatic rings. The molecule has 2 fully saturated rings. The Hall–Kier alpha value is -0.0400. The number of hydrogen-bond donors (Lipinski definition) is 0. The summed E-state index contributed by atoms with van der Waals surface area (Å²) in [5.74, 6) is 4.19. The maximum Gasteiger partial charge on any atom is 0.0464 e. The van der Waals surface area contributed by atoms with E-state index in [1.165, 1.54) is 64.2 Å². The third-order valence-electron chi connectivity index (χ3n) is 5.78. The highest BCUT2D eigenvalue weighted by atomic mass is 16.5. The summed E-state index contributed by atoms with van der Waals surface area (Å²) in [5, 5.41) is 0. The van der Waals surface area contributed by atoms with Crippen LogP contribution in [0.3, 0.4) is 0 Å². The summed E-state index contributed by atoms with van der Waals surface area (Å²) in [4.78, 5) is 0. The van der Waals surface area contributed by atoms with E-state index < -0.39 is 0 Å². The van der Waals surface area contributed by atoms with E-state index in [1.807, 2.05) is 7.11 Å². The first-order chi connectivity index (χ1) is 9.33. The molecule has 0 aromatic carbocycles. The highest BCUT2D eigenvalue weighted by Gasteiger charge is 2.34. The van der Waals surface area contributed by atoms with Gasteiger partial charge in [0.1, 0.15) is 0 Å². The van der Waals surface area contributed by atoms with Gasteiger partial charge in [0.05, 0.1) is 0 Å². The fourth-order valence-corrected chi connectivity index (χ4v) is 4.58. The van der Waals surface area contributed by atoms with Gasteiger partial charge in [-0.1, -0.05) is 45.4 Å². The van der Waals surface area contributed by atoms with Crippen LogP contribution in [0, 0.1) is 23.7 Å². The zero-order valence-electron chi connectivity index (χ0n) is 13.2. The topological polar surface area (TPSA) is 9.23 Å². The van der Waals surface area contributed by atoms with Crippen LogP contribution in [0.5, 0.6) is 0 Å². The quantitative estimate of drug-likeness (QED) is 0.558. The largest absolute Gasteiger partial charge is 0.385 e. The molecule has 112 valence electrons. The molecule has 0 aliphatic heterocycles. The standard InChI is InChI=1S/C18H34O/c1-3-4-5-6-15-7-9-18-14-16(11-12-19-2)8-10-17(18)13-15/h15-18H,3-14H2,1-2H3. The molecule has 1 heteroatoms. The summed E-state index contributed by atoms with van der Waals surface area (Å²) >= 11 is 0. The lowest BCUT2D eigenvalue weighted by atomic mass is 9.64. The minimum atomic E-state index is 0.970. The molecule has 0 saturated heterocycles. The lowest BCUT2D eigenvalue weighted by Gasteiger charge is -2.42. The molecule has 0 radical (unpaired) electrons. The lowest BCUT2D eigenvalue weighted by Crippen LogP contribution is -2.31. The first-order valence-electron chi connectivity index (χ1n) is 8.82. The van der Waals surface area contributed by atoms with E-state index in [0.717, 1.165) is 30.3 Å². The van der Waals surface area contributed by atoms with Gasteiger partial charge in [0.15, 0.2) is 0 Å². The second kappa shape index (κ2) is 8.29. The molecule has 0 amide bonds. The molecule has 0 aromatic heterocycles. The molecule has 19 heavy (non-hydrogen) atoms. The molecule has 2 saturated carbocycles. The Morgan fingerprint density at radius 3 is 2.05 bits per heavy atom. The van der Waals surface area contributed by atoms with E-state index in [9.17, 15) is 0 Å². The normalized spacial score (nSPS) is 35.1. The highest BCUT2D eigenvalue weighted by molar-refractivity contribution is 4.86. The van der Waals surface area contributed by atoms with Gasteiger partial charge in [-0.25, -0.2) is 0 Å². The van der Waals surface area contributed by atoms with Crippen LogP contribution in [0.2, 0.25) is 0 Å². The van der Waals surface area contributed by atoms with Gasteiger partial charge in [0.25, 0.3) is 0 Å². The van der Waals surface area contributed by atoms with E-state index in [4.69, 9.17) is 4.74 Å². The molecular weight excluding hydrogens is 232 g/mol. The van der Waals surface area contributed by atoms with Crippen LogP contribution in [-0.4, -0.2) is 13.7 Å². The molecular formula is C18H34O. The van der Waals surface area contributed by atoms with Crippen molar-refractivity contribution in [1.82, 2.24) is 0 Å². The van der Waals surface area contributed by atoms with Gasteiger partial charge in [-0.15, -0.1) is 0 Å². The Morgan fingerprint density at radius 2 is 1.47 bits per heavy atom. The second-order valence-electron chi connectivity index (χ2n) is 7.16. The second-order valence-corrected chi connectivity index (χ2v) is 7.16. The fourth-order valence-electron chi connectivity index (χ4n) is 4.58. The first-order valence-corrected chi connectivity index (χ1v) is 8.82. The predicted octanol–water partition coefficient (Wildman–Crippen LogP) is 5.44. The third kappa shape index (κ3) is 4.77. The van der Waals surface area contributed by atoms with Gasteiger partial charge >= 0.3 is 0 Å². The molecule has 0 bridgehead atoms. The van der Waals surface area contributed by atoms with E-state index in [2.05, 4.69) is 6.92 Å².